The maximum absolute atomic E-state index is 9.51. The van der Waals surface area contributed by atoms with E-state index in [1.807, 2.05) is 30.3 Å². The highest BCUT2D eigenvalue weighted by Gasteiger charge is 2.16. The molecule has 7 nitrogen and oxygen atoms in total. The van der Waals surface area contributed by atoms with Crippen LogP contribution in [0.15, 0.2) is 36.4 Å². The third-order valence-electron chi connectivity index (χ3n) is 5.21. The minimum Gasteiger partial charge on any atom is -0.454 e. The zero-order valence-corrected chi connectivity index (χ0v) is 18.2. The van der Waals surface area contributed by atoms with E-state index >= 15 is 0 Å². The average Bonchev–Trinajstić information content (AvgIpc) is 3.21. The van der Waals surface area contributed by atoms with Crippen molar-refractivity contribution in [1.29, 1.82) is 5.26 Å². The van der Waals surface area contributed by atoms with Gasteiger partial charge in [0.05, 0.1) is 11.1 Å². The van der Waals surface area contributed by atoms with Gasteiger partial charge in [-0.3, -0.25) is 0 Å². The fraction of sp³-hybridized carbons (Fsp3) is 0.261. The van der Waals surface area contributed by atoms with Gasteiger partial charge in [-0.2, -0.15) is 5.26 Å². The molecule has 4 rings (SSSR count). The van der Waals surface area contributed by atoms with Gasteiger partial charge >= 0.3 is 0 Å². The molecule has 0 spiro atoms. The molecule has 31 heavy (non-hydrogen) atoms. The molecule has 1 aromatic heterocycles. The first-order valence-corrected chi connectivity index (χ1v) is 10.5. The molecule has 8 heteroatoms. The lowest BCUT2D eigenvalue weighted by molar-refractivity contribution is 0.174. The van der Waals surface area contributed by atoms with E-state index in [-0.39, 0.29) is 6.79 Å². The lowest BCUT2D eigenvalue weighted by Gasteiger charge is -2.14. The van der Waals surface area contributed by atoms with Gasteiger partial charge in [0.2, 0.25) is 6.79 Å². The van der Waals surface area contributed by atoms with E-state index < -0.39 is 0 Å². The number of nitrogens with zero attached hydrogens (tertiary/aromatic N) is 2. The van der Waals surface area contributed by atoms with Crippen molar-refractivity contribution in [3.05, 3.63) is 53.1 Å². The van der Waals surface area contributed by atoms with Crippen molar-refractivity contribution in [3.8, 4) is 17.6 Å². The van der Waals surface area contributed by atoms with Crippen LogP contribution in [0.1, 0.15) is 23.1 Å². The standard InChI is InChI=1S/C23H23N5O2S/c1-14-5-3-6-18(15(14)2)28-23(31)26-8-4-7-25-22-17(12-24)9-16-10-20-21(30-13-29-20)11-19(16)27-22/h3,5-6,9-11H,4,7-8,13H2,1-2H3,(H,25,27)(H2,26,28,31). The summed E-state index contributed by atoms with van der Waals surface area (Å²) in [7, 11) is 0. The second-order valence-electron chi connectivity index (χ2n) is 7.30. The maximum atomic E-state index is 9.51. The summed E-state index contributed by atoms with van der Waals surface area (Å²) in [6.45, 7) is 5.69. The Balaban J connectivity index is 1.31. The molecule has 1 aliphatic rings. The first-order valence-electron chi connectivity index (χ1n) is 10.0. The number of hydrogen-bond donors (Lipinski definition) is 3. The van der Waals surface area contributed by atoms with Crippen LogP contribution in [-0.2, 0) is 0 Å². The zero-order valence-electron chi connectivity index (χ0n) is 17.4. The largest absolute Gasteiger partial charge is 0.454 e. The van der Waals surface area contributed by atoms with Crippen LogP contribution in [0.4, 0.5) is 11.5 Å². The molecule has 158 valence electrons. The van der Waals surface area contributed by atoms with Crippen LogP contribution in [0.5, 0.6) is 11.5 Å². The third-order valence-corrected chi connectivity index (χ3v) is 5.46. The number of benzene rings is 2. The van der Waals surface area contributed by atoms with Gasteiger partial charge < -0.3 is 25.4 Å². The van der Waals surface area contributed by atoms with E-state index in [2.05, 4.69) is 46.9 Å². The maximum Gasteiger partial charge on any atom is 0.231 e. The summed E-state index contributed by atoms with van der Waals surface area (Å²) in [5.41, 5.74) is 4.66. The van der Waals surface area contributed by atoms with Crippen molar-refractivity contribution in [2.75, 3.05) is 30.5 Å². The van der Waals surface area contributed by atoms with Crippen LogP contribution >= 0.6 is 12.2 Å². The second kappa shape index (κ2) is 9.06. The Kier molecular flexibility index (Phi) is 6.05. The van der Waals surface area contributed by atoms with Crippen LogP contribution < -0.4 is 25.4 Å². The predicted octanol–water partition coefficient (Wildman–Crippen LogP) is 4.24. The highest BCUT2D eigenvalue weighted by atomic mass is 32.1. The predicted molar refractivity (Wildman–Crippen MR) is 126 cm³/mol. The molecule has 1 aliphatic heterocycles. The number of rotatable bonds is 6. The van der Waals surface area contributed by atoms with Gasteiger partial charge in [0.15, 0.2) is 16.6 Å². The smallest absolute Gasteiger partial charge is 0.231 e. The van der Waals surface area contributed by atoms with Crippen molar-refractivity contribution in [1.82, 2.24) is 10.3 Å². The van der Waals surface area contributed by atoms with Gasteiger partial charge in [-0.05, 0) is 61.8 Å². The topological polar surface area (TPSA) is 91.2 Å². The first kappa shape index (κ1) is 20.7. The van der Waals surface area contributed by atoms with Crippen LogP contribution in [0.2, 0.25) is 0 Å². The van der Waals surface area contributed by atoms with Crippen LogP contribution in [-0.4, -0.2) is 30.0 Å². The van der Waals surface area contributed by atoms with Crippen molar-refractivity contribution in [2.24, 2.45) is 0 Å². The minimum atomic E-state index is 0.203. The molecule has 2 heterocycles. The Morgan fingerprint density at radius 1 is 1.16 bits per heavy atom. The van der Waals surface area contributed by atoms with E-state index in [1.54, 1.807) is 0 Å². The summed E-state index contributed by atoms with van der Waals surface area (Å²) >= 11 is 5.39. The lowest BCUT2D eigenvalue weighted by atomic mass is 10.1. The van der Waals surface area contributed by atoms with E-state index in [0.29, 0.717) is 41.1 Å². The number of pyridine rings is 1. The molecule has 3 N–H and O–H groups in total. The van der Waals surface area contributed by atoms with Crippen molar-refractivity contribution >= 4 is 39.7 Å². The molecule has 0 fully saturated rings. The zero-order chi connectivity index (χ0) is 21.8. The van der Waals surface area contributed by atoms with Gasteiger partial charge in [-0.25, -0.2) is 4.98 Å². The van der Waals surface area contributed by atoms with Gasteiger partial charge in [-0.15, -0.1) is 0 Å². The fourth-order valence-corrected chi connectivity index (χ4v) is 3.55. The molecule has 0 saturated carbocycles. The monoisotopic (exact) mass is 433 g/mol. The van der Waals surface area contributed by atoms with Crippen LogP contribution in [0.25, 0.3) is 10.9 Å². The van der Waals surface area contributed by atoms with Crippen molar-refractivity contribution in [3.63, 3.8) is 0 Å². The number of ether oxygens (including phenoxy) is 2. The van der Waals surface area contributed by atoms with Gasteiger partial charge in [0.1, 0.15) is 11.9 Å². The van der Waals surface area contributed by atoms with Gasteiger partial charge in [0, 0.05) is 30.2 Å². The summed E-state index contributed by atoms with van der Waals surface area (Å²) in [6, 6.07) is 13.8. The lowest BCUT2D eigenvalue weighted by Crippen LogP contribution is -2.30. The van der Waals surface area contributed by atoms with Crippen molar-refractivity contribution < 1.29 is 9.47 Å². The van der Waals surface area contributed by atoms with Gasteiger partial charge in [0.25, 0.3) is 0 Å². The average molecular weight is 434 g/mol. The summed E-state index contributed by atoms with van der Waals surface area (Å²) < 4.78 is 10.8. The SMILES string of the molecule is Cc1cccc(NC(=S)NCCCNc2nc3cc4c(cc3cc2C#N)OCO4)c1C. The quantitative estimate of drug-likeness (QED) is 0.393. The minimum absolute atomic E-state index is 0.203. The molecule has 0 aliphatic carbocycles. The second-order valence-corrected chi connectivity index (χ2v) is 7.71. The number of hydrogen-bond acceptors (Lipinski definition) is 6. The van der Waals surface area contributed by atoms with Crippen LogP contribution in [0, 0.1) is 25.2 Å². The number of anilines is 2. The fourth-order valence-electron chi connectivity index (χ4n) is 3.33. The summed E-state index contributed by atoms with van der Waals surface area (Å²) in [5.74, 6) is 1.91. The van der Waals surface area contributed by atoms with E-state index in [9.17, 15) is 5.26 Å². The molecule has 0 saturated heterocycles. The number of nitrogens with one attached hydrogen (secondary N) is 3. The molecule has 2 aromatic carbocycles. The molecule has 0 amide bonds. The molecule has 0 unspecified atom stereocenters. The Morgan fingerprint density at radius 3 is 2.77 bits per heavy atom. The Labute approximate surface area is 186 Å². The Morgan fingerprint density at radius 2 is 1.97 bits per heavy atom. The Bertz CT molecular complexity index is 1190. The summed E-state index contributed by atoms with van der Waals surface area (Å²) in [6.07, 6.45) is 0.806. The highest BCUT2D eigenvalue weighted by Crippen LogP contribution is 2.36. The summed E-state index contributed by atoms with van der Waals surface area (Å²) in [4.78, 5) is 4.60. The molecule has 0 atom stereocenters. The number of aryl methyl sites for hydroxylation is 1. The molecular weight excluding hydrogens is 410 g/mol. The number of aromatic nitrogens is 1. The number of nitriles is 1. The van der Waals surface area contributed by atoms with Crippen LogP contribution in [0.3, 0.4) is 0 Å². The molecule has 0 radical (unpaired) electrons. The normalized spacial score (nSPS) is 11.8. The highest BCUT2D eigenvalue weighted by molar-refractivity contribution is 7.80. The van der Waals surface area contributed by atoms with Crippen molar-refractivity contribution in [2.45, 2.75) is 20.3 Å². The van der Waals surface area contributed by atoms with E-state index in [4.69, 9.17) is 21.7 Å². The number of fused-ring (bicyclic) bond motifs is 2. The summed E-state index contributed by atoms with van der Waals surface area (Å²) in [5, 5.41) is 20.6. The number of thiocarbonyl (C=S) groups is 1. The Hall–Kier alpha value is -3.57. The van der Waals surface area contributed by atoms with E-state index in [0.717, 1.165) is 23.0 Å². The molecule has 3 aromatic rings. The van der Waals surface area contributed by atoms with Gasteiger partial charge in [-0.1, -0.05) is 12.1 Å². The first-order chi connectivity index (χ1) is 15.0. The third kappa shape index (κ3) is 4.62. The molecule has 0 bridgehead atoms. The molecular formula is C23H23N5O2S. The van der Waals surface area contributed by atoms with E-state index in [1.165, 1.54) is 11.1 Å².